The van der Waals surface area contributed by atoms with Crippen molar-refractivity contribution in [1.29, 1.82) is 0 Å². The van der Waals surface area contributed by atoms with Crippen molar-refractivity contribution in [3.8, 4) is 0 Å². The molecule has 0 aromatic heterocycles. The summed E-state index contributed by atoms with van der Waals surface area (Å²) in [5, 5.41) is 0. The van der Waals surface area contributed by atoms with E-state index in [0.717, 1.165) is 19.3 Å². The minimum Gasteiger partial charge on any atom is -0.333 e. The Balaban J connectivity index is 3.57. The van der Waals surface area contributed by atoms with Gasteiger partial charge >= 0.3 is 0 Å². The second-order valence-corrected chi connectivity index (χ2v) is 5.08. The quantitative estimate of drug-likeness (QED) is 0.516. The molecule has 0 bridgehead atoms. The molecule has 0 heterocycles. The van der Waals surface area contributed by atoms with Gasteiger partial charge in [-0.3, -0.25) is 0 Å². The van der Waals surface area contributed by atoms with Crippen molar-refractivity contribution in [2.45, 2.75) is 46.1 Å². The molecule has 80 valence electrons. The third-order valence-electron chi connectivity index (χ3n) is 1.42. The molecule has 3 nitrogen and oxygen atoms in total. The minimum absolute atomic E-state index is 0.0398. The van der Waals surface area contributed by atoms with Crippen molar-refractivity contribution in [1.82, 2.24) is 0 Å². The van der Waals surface area contributed by atoms with E-state index in [4.69, 9.17) is 9.05 Å². The van der Waals surface area contributed by atoms with Crippen molar-refractivity contribution in [2.75, 3.05) is 6.61 Å². The summed E-state index contributed by atoms with van der Waals surface area (Å²) in [5.41, 5.74) is 0. The van der Waals surface area contributed by atoms with Crippen LogP contribution in [0.25, 0.3) is 0 Å². The molecule has 1 unspecified atom stereocenters. The standard InChI is InChI=1S/C9H21O3P/c1-5-6-7-8-11-13(4,10)12-9(2)3/h9-10H,4-8H2,1-3H3. The van der Waals surface area contributed by atoms with E-state index in [0.29, 0.717) is 6.61 Å². The summed E-state index contributed by atoms with van der Waals surface area (Å²) >= 11 is 0. The Hall–Kier alpha value is 0.180. The van der Waals surface area contributed by atoms with Gasteiger partial charge < -0.3 is 13.9 Å². The minimum atomic E-state index is -2.79. The summed E-state index contributed by atoms with van der Waals surface area (Å²) in [5.74, 6) is 0. The zero-order valence-corrected chi connectivity index (χ0v) is 9.72. The molecule has 4 heteroatoms. The fraction of sp³-hybridized carbons (Fsp3) is 0.889. The smallest absolute Gasteiger partial charge is 0.248 e. The lowest BCUT2D eigenvalue weighted by atomic mass is 10.3. The molecular weight excluding hydrogens is 187 g/mol. The van der Waals surface area contributed by atoms with Gasteiger partial charge in [0.05, 0.1) is 12.7 Å². The van der Waals surface area contributed by atoms with E-state index >= 15 is 0 Å². The predicted molar refractivity (Wildman–Crippen MR) is 58.0 cm³/mol. The molecule has 0 aliphatic carbocycles. The number of hydrogen-bond donors (Lipinski definition) is 1. The Bertz CT molecular complexity index is 168. The number of unbranched alkanes of at least 4 members (excludes halogenated alkanes) is 2. The van der Waals surface area contributed by atoms with Crippen molar-refractivity contribution in [3.63, 3.8) is 0 Å². The van der Waals surface area contributed by atoms with E-state index in [-0.39, 0.29) is 6.10 Å². The first-order chi connectivity index (χ1) is 5.98. The highest BCUT2D eigenvalue weighted by atomic mass is 31.2. The van der Waals surface area contributed by atoms with Gasteiger partial charge in [0.25, 0.3) is 0 Å². The molecule has 0 radical (unpaired) electrons. The summed E-state index contributed by atoms with van der Waals surface area (Å²) < 4.78 is 10.3. The largest absolute Gasteiger partial charge is 0.333 e. The second kappa shape index (κ2) is 6.61. The SMILES string of the molecule is C=P(O)(OCCCCC)OC(C)C. The van der Waals surface area contributed by atoms with E-state index in [2.05, 4.69) is 13.2 Å². The average Bonchev–Trinajstić information content (AvgIpc) is 1.95. The summed E-state index contributed by atoms with van der Waals surface area (Å²) in [6, 6.07) is 0. The monoisotopic (exact) mass is 208 g/mol. The lowest BCUT2D eigenvalue weighted by Gasteiger charge is -2.20. The Morgan fingerprint density at radius 2 is 2.00 bits per heavy atom. The van der Waals surface area contributed by atoms with Gasteiger partial charge in [0.2, 0.25) is 7.57 Å². The molecule has 0 aromatic carbocycles. The summed E-state index contributed by atoms with van der Waals surface area (Å²) in [4.78, 5) is 9.54. The lowest BCUT2D eigenvalue weighted by Crippen LogP contribution is -2.03. The fourth-order valence-electron chi connectivity index (χ4n) is 0.919. The zero-order chi connectivity index (χ0) is 10.3. The molecular formula is C9H21O3P. The first kappa shape index (κ1) is 13.2. The second-order valence-electron chi connectivity index (χ2n) is 3.33. The topological polar surface area (TPSA) is 38.7 Å². The van der Waals surface area contributed by atoms with Gasteiger partial charge in [-0.1, -0.05) is 19.8 Å². The maximum Gasteiger partial charge on any atom is 0.248 e. The molecule has 0 saturated carbocycles. The van der Waals surface area contributed by atoms with Crippen molar-refractivity contribution in [3.05, 3.63) is 0 Å². The van der Waals surface area contributed by atoms with Crippen LogP contribution in [0.4, 0.5) is 0 Å². The van der Waals surface area contributed by atoms with Crippen LogP contribution < -0.4 is 0 Å². The molecule has 1 atom stereocenters. The molecule has 1 N–H and O–H groups in total. The van der Waals surface area contributed by atoms with Crippen LogP contribution in [0, 0.1) is 0 Å². The van der Waals surface area contributed by atoms with E-state index < -0.39 is 7.57 Å². The Kier molecular flexibility index (Phi) is 6.70. The van der Waals surface area contributed by atoms with Crippen molar-refractivity contribution < 1.29 is 13.9 Å². The predicted octanol–water partition coefficient (Wildman–Crippen LogP) is 2.81. The molecule has 0 spiro atoms. The van der Waals surface area contributed by atoms with Crippen LogP contribution >= 0.6 is 7.57 Å². The van der Waals surface area contributed by atoms with E-state index in [1.165, 1.54) is 0 Å². The van der Waals surface area contributed by atoms with Crippen LogP contribution in [0.5, 0.6) is 0 Å². The highest BCUT2D eigenvalue weighted by Gasteiger charge is 2.12. The maximum absolute atomic E-state index is 9.54. The Morgan fingerprint density at radius 3 is 2.46 bits per heavy atom. The summed E-state index contributed by atoms with van der Waals surface area (Å²) in [7, 11) is -2.79. The highest BCUT2D eigenvalue weighted by Crippen LogP contribution is 2.43. The van der Waals surface area contributed by atoms with Gasteiger partial charge in [-0.15, -0.1) is 0 Å². The molecule has 0 aliphatic rings. The molecule has 0 rings (SSSR count). The number of rotatable bonds is 7. The van der Waals surface area contributed by atoms with Gasteiger partial charge in [0.1, 0.15) is 0 Å². The lowest BCUT2D eigenvalue weighted by molar-refractivity contribution is 0.158. The van der Waals surface area contributed by atoms with Crippen LogP contribution in [-0.4, -0.2) is 23.9 Å². The van der Waals surface area contributed by atoms with Crippen molar-refractivity contribution in [2.24, 2.45) is 0 Å². The Labute approximate surface area is 81.3 Å². The summed E-state index contributed by atoms with van der Waals surface area (Å²) in [6.07, 6.45) is 6.70. The van der Waals surface area contributed by atoms with Crippen LogP contribution in [0.1, 0.15) is 40.0 Å². The van der Waals surface area contributed by atoms with E-state index in [9.17, 15) is 4.89 Å². The van der Waals surface area contributed by atoms with Crippen LogP contribution in [0.15, 0.2) is 0 Å². The average molecular weight is 208 g/mol. The van der Waals surface area contributed by atoms with Crippen molar-refractivity contribution >= 4 is 13.9 Å². The van der Waals surface area contributed by atoms with Crippen LogP contribution in [0.3, 0.4) is 0 Å². The van der Waals surface area contributed by atoms with E-state index in [1.807, 2.05) is 13.8 Å². The zero-order valence-electron chi connectivity index (χ0n) is 8.82. The van der Waals surface area contributed by atoms with Gasteiger partial charge in [-0.2, -0.15) is 0 Å². The fourth-order valence-corrected chi connectivity index (χ4v) is 2.05. The number of hydrogen-bond acceptors (Lipinski definition) is 3. The van der Waals surface area contributed by atoms with Gasteiger partial charge in [-0.05, 0) is 26.6 Å². The van der Waals surface area contributed by atoms with E-state index in [1.54, 1.807) is 0 Å². The molecule has 0 fully saturated rings. The molecule has 0 aliphatic heterocycles. The Morgan fingerprint density at radius 1 is 1.38 bits per heavy atom. The maximum atomic E-state index is 9.54. The summed E-state index contributed by atoms with van der Waals surface area (Å²) in [6.45, 7) is 6.36. The molecule has 0 saturated heterocycles. The first-order valence-corrected chi connectivity index (χ1v) is 6.53. The molecule has 0 amide bonds. The third kappa shape index (κ3) is 8.51. The van der Waals surface area contributed by atoms with Crippen LogP contribution in [0.2, 0.25) is 0 Å². The third-order valence-corrected chi connectivity index (χ3v) is 2.75. The molecule has 0 aromatic rings. The first-order valence-electron chi connectivity index (χ1n) is 4.77. The van der Waals surface area contributed by atoms with Gasteiger partial charge in [-0.25, -0.2) is 0 Å². The van der Waals surface area contributed by atoms with Gasteiger partial charge in [0, 0.05) is 0 Å². The normalized spacial score (nSPS) is 16.1. The highest BCUT2D eigenvalue weighted by molar-refractivity contribution is 7.58. The van der Waals surface area contributed by atoms with Crippen LogP contribution in [-0.2, 0) is 9.05 Å². The van der Waals surface area contributed by atoms with Gasteiger partial charge in [0.15, 0.2) is 0 Å². The molecule has 13 heavy (non-hydrogen) atoms.